The number of carbonyl (C=O) groups is 1. The van der Waals surface area contributed by atoms with Gasteiger partial charge in [-0.25, -0.2) is 0 Å². The van der Waals surface area contributed by atoms with Gasteiger partial charge in [0.2, 0.25) is 5.76 Å². The summed E-state index contributed by atoms with van der Waals surface area (Å²) in [6.07, 6.45) is 0. The number of fused-ring (bicyclic) bond motifs is 2. The molecule has 1 atom stereocenters. The van der Waals surface area contributed by atoms with Crippen molar-refractivity contribution in [3.63, 3.8) is 0 Å². The molecule has 0 radical (unpaired) electrons. The minimum atomic E-state index is -0.569. The highest BCUT2D eigenvalue weighted by Crippen LogP contribution is 2.38. The van der Waals surface area contributed by atoms with Crippen molar-refractivity contribution in [2.75, 3.05) is 20.3 Å². The zero-order chi connectivity index (χ0) is 19.1. The van der Waals surface area contributed by atoms with E-state index in [4.69, 9.17) is 20.8 Å². The molecule has 1 aliphatic heterocycles. The molecule has 4 rings (SSSR count). The zero-order valence-electron chi connectivity index (χ0n) is 14.4. The van der Waals surface area contributed by atoms with E-state index in [-0.39, 0.29) is 17.1 Å². The first-order valence-corrected chi connectivity index (χ1v) is 9.50. The first kappa shape index (κ1) is 18.2. The summed E-state index contributed by atoms with van der Waals surface area (Å²) in [5.74, 6) is -0.246. The lowest BCUT2D eigenvalue weighted by molar-refractivity contribution is 0.0663. The third-order valence-corrected chi connectivity index (χ3v) is 5.36. The second kappa shape index (κ2) is 7.11. The lowest BCUT2D eigenvalue weighted by Gasteiger charge is -2.24. The van der Waals surface area contributed by atoms with Gasteiger partial charge in [-0.1, -0.05) is 39.7 Å². The van der Waals surface area contributed by atoms with E-state index in [0.29, 0.717) is 34.7 Å². The Morgan fingerprint density at radius 2 is 2.04 bits per heavy atom. The molecule has 5 nitrogen and oxygen atoms in total. The first-order valence-electron chi connectivity index (χ1n) is 8.33. The Morgan fingerprint density at radius 1 is 1.22 bits per heavy atom. The van der Waals surface area contributed by atoms with E-state index in [1.54, 1.807) is 48.4 Å². The summed E-state index contributed by atoms with van der Waals surface area (Å²) < 4.78 is 11.8. The molecule has 0 fully saturated rings. The van der Waals surface area contributed by atoms with E-state index in [1.165, 1.54) is 0 Å². The molecule has 0 saturated heterocycles. The van der Waals surface area contributed by atoms with Gasteiger partial charge >= 0.3 is 0 Å². The van der Waals surface area contributed by atoms with Gasteiger partial charge in [-0.05, 0) is 35.9 Å². The summed E-state index contributed by atoms with van der Waals surface area (Å²) in [5.41, 5.74) is 1.26. The van der Waals surface area contributed by atoms with Crippen LogP contribution in [0.25, 0.3) is 11.0 Å². The highest BCUT2D eigenvalue weighted by Gasteiger charge is 2.42. The Bertz CT molecular complexity index is 1110. The molecule has 2 aromatic carbocycles. The normalized spacial score (nSPS) is 16.2. The van der Waals surface area contributed by atoms with Gasteiger partial charge in [-0.15, -0.1) is 0 Å². The molecule has 1 aliphatic rings. The van der Waals surface area contributed by atoms with Crippen LogP contribution < -0.4 is 5.43 Å². The second-order valence-corrected chi connectivity index (χ2v) is 7.62. The van der Waals surface area contributed by atoms with Crippen LogP contribution in [-0.4, -0.2) is 31.1 Å². The number of methoxy groups -OCH3 is 1. The Morgan fingerprint density at radius 3 is 2.78 bits per heavy atom. The molecule has 0 saturated carbocycles. The molecule has 0 bridgehead atoms. The summed E-state index contributed by atoms with van der Waals surface area (Å²) in [6, 6.07) is 11.8. The van der Waals surface area contributed by atoms with Crippen molar-refractivity contribution in [1.82, 2.24) is 4.90 Å². The van der Waals surface area contributed by atoms with E-state index in [1.807, 2.05) is 6.07 Å². The Kier molecular flexibility index (Phi) is 4.80. The van der Waals surface area contributed by atoms with Crippen molar-refractivity contribution in [3.8, 4) is 0 Å². The standard InChI is InChI=1S/C20H15BrClNO4/c1-26-8-7-23-17(11-3-2-4-13(22)9-11)16-18(24)14-10-12(21)5-6-15(14)27-19(16)20(23)25/h2-6,9-10,17H,7-8H2,1H3. The Hall–Kier alpha value is -2.15. The zero-order valence-corrected chi connectivity index (χ0v) is 16.7. The number of benzene rings is 2. The quantitative estimate of drug-likeness (QED) is 0.593. The fraction of sp³-hybridized carbons (Fsp3) is 0.200. The fourth-order valence-corrected chi connectivity index (χ4v) is 4.00. The molecule has 0 spiro atoms. The highest BCUT2D eigenvalue weighted by molar-refractivity contribution is 9.10. The molecule has 0 aliphatic carbocycles. The number of ether oxygens (including phenoxy) is 1. The van der Waals surface area contributed by atoms with Crippen molar-refractivity contribution in [1.29, 1.82) is 0 Å². The average molecular weight is 449 g/mol. The van der Waals surface area contributed by atoms with Crippen molar-refractivity contribution >= 4 is 44.4 Å². The molecular formula is C20H15BrClNO4. The number of hydrogen-bond donors (Lipinski definition) is 0. The number of hydrogen-bond acceptors (Lipinski definition) is 4. The molecule has 27 heavy (non-hydrogen) atoms. The minimum Gasteiger partial charge on any atom is -0.450 e. The topological polar surface area (TPSA) is 59.8 Å². The van der Waals surface area contributed by atoms with Crippen LogP contribution in [-0.2, 0) is 4.74 Å². The summed E-state index contributed by atoms with van der Waals surface area (Å²) in [7, 11) is 1.57. The molecule has 7 heteroatoms. The molecule has 2 heterocycles. The van der Waals surface area contributed by atoms with Crippen molar-refractivity contribution in [3.05, 3.63) is 79.1 Å². The van der Waals surface area contributed by atoms with Gasteiger partial charge in [-0.3, -0.25) is 9.59 Å². The summed E-state index contributed by atoms with van der Waals surface area (Å²) in [5, 5.41) is 0.963. The lowest BCUT2D eigenvalue weighted by atomic mass is 9.98. The van der Waals surface area contributed by atoms with Gasteiger partial charge in [-0.2, -0.15) is 0 Å². The van der Waals surface area contributed by atoms with Gasteiger partial charge in [0.1, 0.15) is 5.58 Å². The van der Waals surface area contributed by atoms with Crippen LogP contribution in [0.2, 0.25) is 5.02 Å². The van der Waals surface area contributed by atoms with Crippen LogP contribution in [0.5, 0.6) is 0 Å². The fourth-order valence-electron chi connectivity index (χ4n) is 3.44. The van der Waals surface area contributed by atoms with Gasteiger partial charge in [0.15, 0.2) is 5.43 Å². The monoisotopic (exact) mass is 447 g/mol. The molecule has 1 amide bonds. The number of amides is 1. The highest BCUT2D eigenvalue weighted by atomic mass is 79.9. The van der Waals surface area contributed by atoms with Crippen molar-refractivity contribution < 1.29 is 13.9 Å². The van der Waals surface area contributed by atoms with Crippen LogP contribution in [0.3, 0.4) is 0 Å². The molecular weight excluding hydrogens is 434 g/mol. The molecule has 0 N–H and O–H groups in total. The number of carbonyl (C=O) groups excluding carboxylic acids is 1. The predicted molar refractivity (Wildman–Crippen MR) is 106 cm³/mol. The molecule has 1 aromatic heterocycles. The third kappa shape index (κ3) is 3.08. The maximum atomic E-state index is 13.3. The summed E-state index contributed by atoms with van der Waals surface area (Å²) in [6.45, 7) is 0.673. The predicted octanol–water partition coefficient (Wildman–Crippen LogP) is 4.40. The summed E-state index contributed by atoms with van der Waals surface area (Å²) in [4.78, 5) is 27.9. The van der Waals surface area contributed by atoms with E-state index < -0.39 is 6.04 Å². The lowest BCUT2D eigenvalue weighted by Crippen LogP contribution is -2.32. The molecule has 1 unspecified atom stereocenters. The van der Waals surface area contributed by atoms with Gasteiger partial charge in [0.05, 0.1) is 23.6 Å². The Labute approximate surface area is 168 Å². The average Bonchev–Trinajstić information content (AvgIpc) is 2.93. The maximum absolute atomic E-state index is 13.3. The van der Waals surface area contributed by atoms with E-state index in [9.17, 15) is 9.59 Å². The summed E-state index contributed by atoms with van der Waals surface area (Å²) >= 11 is 9.54. The van der Waals surface area contributed by atoms with Crippen LogP contribution >= 0.6 is 27.5 Å². The maximum Gasteiger partial charge on any atom is 0.290 e. The molecule has 3 aromatic rings. The van der Waals surface area contributed by atoms with E-state index in [0.717, 1.165) is 10.0 Å². The number of rotatable bonds is 4. The van der Waals surface area contributed by atoms with Crippen LogP contribution in [0.1, 0.15) is 27.7 Å². The second-order valence-electron chi connectivity index (χ2n) is 6.26. The van der Waals surface area contributed by atoms with Gasteiger partial charge in [0.25, 0.3) is 5.91 Å². The SMILES string of the molecule is COCCN1C(=O)c2oc3ccc(Br)cc3c(=O)c2C1c1cccc(Cl)c1. The Balaban J connectivity index is 1.99. The van der Waals surface area contributed by atoms with E-state index >= 15 is 0 Å². The largest absolute Gasteiger partial charge is 0.450 e. The van der Waals surface area contributed by atoms with E-state index in [2.05, 4.69) is 15.9 Å². The van der Waals surface area contributed by atoms with Crippen LogP contribution in [0.4, 0.5) is 0 Å². The first-order chi connectivity index (χ1) is 13.0. The van der Waals surface area contributed by atoms with Crippen molar-refractivity contribution in [2.24, 2.45) is 0 Å². The van der Waals surface area contributed by atoms with Crippen LogP contribution in [0, 0.1) is 0 Å². The number of halogens is 2. The van der Waals surface area contributed by atoms with Crippen LogP contribution in [0.15, 0.2) is 56.1 Å². The van der Waals surface area contributed by atoms with Gasteiger partial charge < -0.3 is 14.1 Å². The smallest absolute Gasteiger partial charge is 0.290 e. The minimum absolute atomic E-state index is 0.0795. The van der Waals surface area contributed by atoms with Crippen molar-refractivity contribution in [2.45, 2.75) is 6.04 Å². The van der Waals surface area contributed by atoms with Gasteiger partial charge in [0, 0.05) is 23.1 Å². The third-order valence-electron chi connectivity index (χ3n) is 4.63. The molecule has 138 valence electrons. The number of nitrogens with zero attached hydrogens (tertiary/aromatic N) is 1.